The number of benzene rings is 3. The van der Waals surface area contributed by atoms with Crippen LogP contribution in [0.5, 0.6) is 5.75 Å². The number of esters is 1. The first-order valence-corrected chi connectivity index (χ1v) is 14.2. The van der Waals surface area contributed by atoms with Gasteiger partial charge >= 0.3 is 5.97 Å². The van der Waals surface area contributed by atoms with E-state index >= 15 is 4.39 Å². The average molecular weight is 630 g/mol. The molecule has 2 fully saturated rings. The largest absolute Gasteiger partial charge is 0.472 e. The zero-order valence-electron chi connectivity index (χ0n) is 22.0. The third-order valence-electron chi connectivity index (χ3n) is 7.88. The van der Waals surface area contributed by atoms with Crippen LogP contribution in [0.3, 0.4) is 0 Å². The average Bonchev–Trinajstić information content (AvgIpc) is 3.18. The van der Waals surface area contributed by atoms with Crippen molar-refractivity contribution in [3.8, 4) is 16.9 Å². The monoisotopic (exact) mass is 628 g/mol. The molecule has 0 aromatic heterocycles. The highest BCUT2D eigenvalue weighted by molar-refractivity contribution is 9.10. The van der Waals surface area contributed by atoms with Crippen molar-refractivity contribution in [3.05, 3.63) is 80.0 Å². The summed E-state index contributed by atoms with van der Waals surface area (Å²) in [6.45, 7) is 3.20. The fourth-order valence-electron chi connectivity index (χ4n) is 6.02. The Morgan fingerprint density at radius 2 is 1.85 bits per heavy atom. The summed E-state index contributed by atoms with van der Waals surface area (Å²) < 4.78 is 33.4. The molecule has 3 aromatic rings. The molecule has 2 bridgehead atoms. The molecular formula is C30H27BrClFN2O5. The lowest BCUT2D eigenvalue weighted by Gasteiger charge is -2.38. The minimum absolute atomic E-state index is 0.0169. The van der Waals surface area contributed by atoms with E-state index < -0.39 is 11.8 Å². The molecule has 0 N–H and O–H groups in total. The molecule has 1 amide bonds. The highest BCUT2D eigenvalue weighted by Crippen LogP contribution is 2.43. The summed E-state index contributed by atoms with van der Waals surface area (Å²) in [4.78, 5) is 29.9. The number of morpholine rings is 1. The maximum atomic E-state index is 15.7. The second-order valence-electron chi connectivity index (χ2n) is 10.3. The number of aryl methyl sites for hydroxylation is 1. The van der Waals surface area contributed by atoms with Crippen LogP contribution in [0.1, 0.15) is 44.7 Å². The van der Waals surface area contributed by atoms with Gasteiger partial charge in [-0.25, -0.2) is 9.18 Å². The Balaban J connectivity index is 1.38. The number of ether oxygens (including phenoxy) is 3. The van der Waals surface area contributed by atoms with E-state index in [4.69, 9.17) is 25.8 Å². The van der Waals surface area contributed by atoms with E-state index in [1.807, 2.05) is 25.1 Å². The van der Waals surface area contributed by atoms with Crippen molar-refractivity contribution < 1.29 is 28.2 Å². The predicted octanol–water partition coefficient (Wildman–Crippen LogP) is 6.36. The number of carbonyl (C=O) groups is 2. The maximum Gasteiger partial charge on any atom is 0.340 e. The quantitative estimate of drug-likeness (QED) is 0.313. The van der Waals surface area contributed by atoms with E-state index in [1.54, 1.807) is 23.1 Å². The van der Waals surface area contributed by atoms with Crippen molar-refractivity contribution in [3.63, 3.8) is 0 Å². The van der Waals surface area contributed by atoms with Crippen LogP contribution >= 0.6 is 27.5 Å². The predicted molar refractivity (Wildman–Crippen MR) is 153 cm³/mol. The highest BCUT2D eigenvalue weighted by atomic mass is 79.9. The molecule has 0 spiro atoms. The number of anilines is 1. The number of hydrogen-bond donors (Lipinski definition) is 0. The van der Waals surface area contributed by atoms with Crippen molar-refractivity contribution >= 4 is 45.1 Å². The fourth-order valence-corrected chi connectivity index (χ4v) is 7.08. The van der Waals surface area contributed by atoms with E-state index in [0.29, 0.717) is 46.4 Å². The van der Waals surface area contributed by atoms with Crippen molar-refractivity contribution in [2.45, 2.75) is 38.4 Å². The van der Waals surface area contributed by atoms with E-state index in [9.17, 15) is 9.59 Å². The Morgan fingerprint density at radius 1 is 1.10 bits per heavy atom. The number of nitrogens with zero attached hydrogens (tertiary/aromatic N) is 2. The van der Waals surface area contributed by atoms with Crippen LogP contribution in [0.25, 0.3) is 11.1 Å². The van der Waals surface area contributed by atoms with Gasteiger partial charge in [0.15, 0.2) is 6.73 Å². The van der Waals surface area contributed by atoms with Gasteiger partial charge in [-0.15, -0.1) is 0 Å². The fraction of sp³-hybridized carbons (Fsp3) is 0.333. The van der Waals surface area contributed by atoms with Crippen LogP contribution < -0.4 is 9.64 Å². The van der Waals surface area contributed by atoms with E-state index in [0.717, 1.165) is 28.4 Å². The van der Waals surface area contributed by atoms with Crippen molar-refractivity contribution in [1.29, 1.82) is 0 Å². The molecular weight excluding hydrogens is 603 g/mol. The summed E-state index contributed by atoms with van der Waals surface area (Å²) in [6.07, 6.45) is 1.88. The lowest BCUT2D eigenvalue weighted by atomic mass is 9.96. The molecule has 3 aliphatic rings. The molecule has 0 aliphatic carbocycles. The summed E-state index contributed by atoms with van der Waals surface area (Å²) >= 11 is 9.82. The molecule has 40 heavy (non-hydrogen) atoms. The molecule has 6 rings (SSSR count). The van der Waals surface area contributed by atoms with Gasteiger partial charge in [0.2, 0.25) is 0 Å². The van der Waals surface area contributed by atoms with Crippen LogP contribution in [0.4, 0.5) is 10.1 Å². The van der Waals surface area contributed by atoms with Crippen molar-refractivity contribution in [1.82, 2.24) is 4.90 Å². The lowest BCUT2D eigenvalue weighted by Crippen LogP contribution is -2.46. The number of fused-ring (bicyclic) bond motifs is 3. The second kappa shape index (κ2) is 10.7. The van der Waals surface area contributed by atoms with Crippen molar-refractivity contribution in [2.24, 2.45) is 0 Å². The second-order valence-corrected chi connectivity index (χ2v) is 11.6. The number of hydrogen-bond acceptors (Lipinski definition) is 6. The number of carbonyl (C=O) groups excluding carboxylic acids is 2. The number of amides is 1. The number of rotatable bonds is 4. The smallest absolute Gasteiger partial charge is 0.340 e. The summed E-state index contributed by atoms with van der Waals surface area (Å²) in [5.41, 5.74) is 3.60. The van der Waals surface area contributed by atoms with Crippen LogP contribution in [0, 0.1) is 12.7 Å². The minimum atomic E-state index is -0.589. The first kappa shape index (κ1) is 27.1. The van der Waals surface area contributed by atoms with E-state index in [1.165, 1.54) is 13.2 Å². The Labute approximate surface area is 244 Å². The van der Waals surface area contributed by atoms with E-state index in [-0.39, 0.29) is 36.8 Å². The highest BCUT2D eigenvalue weighted by Gasteiger charge is 2.40. The van der Waals surface area contributed by atoms with Gasteiger partial charge in [-0.2, -0.15) is 0 Å². The van der Waals surface area contributed by atoms with E-state index in [2.05, 4.69) is 20.8 Å². The van der Waals surface area contributed by atoms with Gasteiger partial charge in [0, 0.05) is 21.2 Å². The Kier molecular flexibility index (Phi) is 7.23. The minimum Gasteiger partial charge on any atom is -0.472 e. The lowest BCUT2D eigenvalue weighted by molar-refractivity contribution is 0.0514. The summed E-state index contributed by atoms with van der Waals surface area (Å²) in [5.74, 6) is -0.887. The van der Waals surface area contributed by atoms with Gasteiger partial charge in [-0.05, 0) is 49.6 Å². The third-order valence-corrected chi connectivity index (χ3v) is 8.63. The van der Waals surface area contributed by atoms with Gasteiger partial charge in [0.25, 0.3) is 5.91 Å². The normalized spacial score (nSPS) is 19.7. The Morgan fingerprint density at radius 3 is 2.55 bits per heavy atom. The Bertz CT molecular complexity index is 1490. The molecule has 10 heteroatoms. The summed E-state index contributed by atoms with van der Waals surface area (Å²) in [7, 11) is 1.29. The summed E-state index contributed by atoms with van der Waals surface area (Å²) in [6, 6.07) is 12.2. The van der Waals surface area contributed by atoms with Crippen molar-refractivity contribution in [2.75, 3.05) is 32.0 Å². The first-order chi connectivity index (χ1) is 19.3. The standard InChI is InChI=1S/C30H27BrClFN2O5/c1-16-8-18(31)9-24(32)27(16)29(36)34-12-17-4-3-5-21(28(17)40-15-34)22-11-26(23(10-25(22)33)30(37)38-2)35-19-6-7-20(35)14-39-13-19/h3-5,8-11,19-20H,6-7,12-15H2,1-2H3. The zero-order valence-corrected chi connectivity index (χ0v) is 24.4. The molecule has 208 valence electrons. The zero-order chi connectivity index (χ0) is 28.1. The van der Waals surface area contributed by atoms with Crippen LogP contribution in [-0.4, -0.2) is 55.9 Å². The molecule has 2 unspecified atom stereocenters. The van der Waals surface area contributed by atoms with Gasteiger partial charge in [-0.1, -0.05) is 45.7 Å². The Hall–Kier alpha value is -3.14. The number of methoxy groups -OCH3 is 1. The summed E-state index contributed by atoms with van der Waals surface area (Å²) in [5, 5.41) is 0.355. The number of para-hydroxylation sites is 1. The van der Waals surface area contributed by atoms with Gasteiger partial charge in [0.1, 0.15) is 11.6 Å². The topological polar surface area (TPSA) is 68.3 Å². The third kappa shape index (κ3) is 4.63. The maximum absolute atomic E-state index is 15.7. The van der Waals surface area contributed by atoms with Crippen LogP contribution in [0.15, 0.2) is 46.9 Å². The molecule has 3 aliphatic heterocycles. The SMILES string of the molecule is COC(=O)c1cc(F)c(-c2cccc3c2OCN(C(=O)c2c(C)cc(Br)cc2Cl)C3)cc1N1C2CCC1COC2. The molecule has 7 nitrogen and oxygen atoms in total. The molecule has 0 radical (unpaired) electrons. The van der Waals surface area contributed by atoms with Gasteiger partial charge < -0.3 is 24.0 Å². The molecule has 3 aromatic carbocycles. The molecule has 0 saturated carbocycles. The van der Waals surface area contributed by atoms with Crippen LogP contribution in [-0.2, 0) is 16.0 Å². The van der Waals surface area contributed by atoms with Gasteiger partial charge in [-0.3, -0.25) is 4.79 Å². The molecule has 2 saturated heterocycles. The van der Waals surface area contributed by atoms with Crippen LogP contribution in [0.2, 0.25) is 5.02 Å². The van der Waals surface area contributed by atoms with Gasteiger partial charge in [0.05, 0.1) is 60.8 Å². The first-order valence-electron chi connectivity index (χ1n) is 13.0. The molecule has 2 atom stereocenters. The number of halogens is 3. The molecule has 3 heterocycles.